The summed E-state index contributed by atoms with van der Waals surface area (Å²) in [5.74, 6) is 0. The van der Waals surface area contributed by atoms with Gasteiger partial charge in [-0.1, -0.05) is 312 Å². The maximum Gasteiger partial charge on any atom is -0.000653 e. The largest absolute Gasteiger partial charge is 0.303 e. The van der Waals surface area contributed by atoms with Crippen LogP contribution in [0.3, 0.4) is 0 Å². The van der Waals surface area contributed by atoms with Crippen molar-refractivity contribution in [3.05, 3.63) is 0 Å². The number of hydrogen-bond donors (Lipinski definition) is 0. The third kappa shape index (κ3) is 63.7. The summed E-state index contributed by atoms with van der Waals surface area (Å²) in [4.78, 5) is 17.7. The van der Waals surface area contributed by atoms with Crippen molar-refractivity contribution in [2.75, 3.05) is 118 Å². The Morgan fingerprint density at radius 2 is 0.176 bits per heavy atom. The summed E-state index contributed by atoms with van der Waals surface area (Å²) in [6.45, 7) is 42.4. The lowest BCUT2D eigenvalue weighted by Gasteiger charge is -2.30. The van der Waals surface area contributed by atoms with Gasteiger partial charge in [0.15, 0.2) is 0 Å². The molecule has 0 saturated heterocycles. The first kappa shape index (κ1) is 84.8. The van der Waals surface area contributed by atoms with Gasteiger partial charge >= 0.3 is 0 Å². The average molecular weight is 1200 g/mol. The maximum absolute atomic E-state index is 2.99. The van der Waals surface area contributed by atoms with Crippen molar-refractivity contribution in [1.82, 2.24) is 29.4 Å². The van der Waals surface area contributed by atoms with E-state index < -0.39 is 0 Å². The second-order valence-corrected chi connectivity index (χ2v) is 28.0. The van der Waals surface area contributed by atoms with Gasteiger partial charge in [-0.2, -0.15) is 0 Å². The number of rotatable bonds is 76. The Kier molecular flexibility index (Phi) is 72.6. The zero-order valence-electron chi connectivity index (χ0n) is 60.9. The summed E-state index contributed by atoms with van der Waals surface area (Å²) in [6.07, 6.45) is 74.4. The summed E-state index contributed by atoms with van der Waals surface area (Å²) in [7, 11) is 0. The number of nitrogens with zero attached hydrogens (tertiary/aromatic N) is 6. The lowest BCUT2D eigenvalue weighted by molar-refractivity contribution is 0.179. The van der Waals surface area contributed by atoms with Gasteiger partial charge in [0.1, 0.15) is 0 Å². The molecule has 0 radical (unpaired) electrons. The summed E-state index contributed by atoms with van der Waals surface area (Å²) in [5, 5.41) is 0. The fraction of sp³-hybridized carbons (Fsp3) is 1.00. The Labute approximate surface area is 540 Å². The van der Waals surface area contributed by atoms with Gasteiger partial charge in [0.2, 0.25) is 0 Å². The van der Waals surface area contributed by atoms with Gasteiger partial charge < -0.3 is 29.4 Å². The summed E-state index contributed by atoms with van der Waals surface area (Å²) in [6, 6.07) is 0. The fourth-order valence-corrected chi connectivity index (χ4v) is 13.5. The van der Waals surface area contributed by atoms with E-state index in [4.69, 9.17) is 0 Å². The SMILES string of the molecule is CCCCCCCCN(CCCCCCCC)CCCN(CCCN(CCCCCCCC)CCCCCCCC)CCCN(CCCN(CCCCCCCC)CCCCCCCC)CCCN(CCCCCCCC)CCCCCCCC. The van der Waals surface area contributed by atoms with Crippen molar-refractivity contribution in [3.8, 4) is 0 Å². The van der Waals surface area contributed by atoms with Crippen LogP contribution in [0.1, 0.15) is 396 Å². The van der Waals surface area contributed by atoms with Crippen LogP contribution in [-0.2, 0) is 0 Å². The monoisotopic (exact) mass is 1200 g/mol. The lowest BCUT2D eigenvalue weighted by atomic mass is 10.1. The minimum Gasteiger partial charge on any atom is -0.303 e. The Morgan fingerprint density at radius 3 is 0.282 bits per heavy atom. The molecule has 0 N–H and O–H groups in total. The molecule has 0 aliphatic rings. The smallest absolute Gasteiger partial charge is 0.000653 e. The molecule has 0 aromatic carbocycles. The third-order valence-electron chi connectivity index (χ3n) is 19.4. The van der Waals surface area contributed by atoms with Gasteiger partial charge in [-0.15, -0.1) is 0 Å². The molecule has 0 amide bonds. The normalized spacial score (nSPS) is 12.2. The van der Waals surface area contributed by atoms with Crippen molar-refractivity contribution < 1.29 is 0 Å². The van der Waals surface area contributed by atoms with E-state index in [1.165, 1.54) is 458 Å². The molecule has 0 aliphatic carbocycles. The molecule has 0 aromatic heterocycles. The van der Waals surface area contributed by atoms with E-state index in [0.717, 1.165) is 0 Å². The van der Waals surface area contributed by atoms with Crippen molar-refractivity contribution >= 4 is 0 Å². The van der Waals surface area contributed by atoms with Crippen LogP contribution in [0.15, 0.2) is 0 Å². The standard InChI is InChI=1S/C79H166N6/c1-9-17-25-33-41-49-62-80(63-50-42-34-26-18-10-2)70-57-74-84(75-58-71-81(64-51-43-35-27-19-11-3)65-52-44-36-28-20-12-4)78-61-79-85(76-59-72-82(66-53-45-37-29-21-13-5)67-54-46-38-30-22-14-6)77-60-73-83(68-55-47-39-31-23-15-7)69-56-48-40-32-24-16-8/h9-79H2,1-8H3. The molecule has 0 fully saturated rings. The van der Waals surface area contributed by atoms with E-state index in [0.29, 0.717) is 0 Å². The van der Waals surface area contributed by atoms with Crippen LogP contribution in [0.2, 0.25) is 0 Å². The van der Waals surface area contributed by atoms with Gasteiger partial charge in [-0.3, -0.25) is 0 Å². The minimum atomic E-state index is 1.28. The van der Waals surface area contributed by atoms with Crippen LogP contribution < -0.4 is 0 Å². The molecule has 0 atom stereocenters. The van der Waals surface area contributed by atoms with Crippen LogP contribution in [0.5, 0.6) is 0 Å². The summed E-state index contributed by atoms with van der Waals surface area (Å²) < 4.78 is 0. The lowest BCUT2D eigenvalue weighted by Crippen LogP contribution is -2.37. The Bertz CT molecular complexity index is 948. The fourth-order valence-electron chi connectivity index (χ4n) is 13.5. The van der Waals surface area contributed by atoms with Crippen LogP contribution in [-0.4, -0.2) is 147 Å². The van der Waals surface area contributed by atoms with E-state index >= 15 is 0 Å². The van der Waals surface area contributed by atoms with Gasteiger partial charge in [-0.25, -0.2) is 0 Å². The van der Waals surface area contributed by atoms with Gasteiger partial charge in [0.25, 0.3) is 0 Å². The Morgan fingerprint density at radius 1 is 0.0941 bits per heavy atom. The second-order valence-electron chi connectivity index (χ2n) is 28.0. The topological polar surface area (TPSA) is 19.4 Å². The van der Waals surface area contributed by atoms with Crippen molar-refractivity contribution in [2.24, 2.45) is 0 Å². The third-order valence-corrected chi connectivity index (χ3v) is 19.4. The highest BCUT2D eigenvalue weighted by Gasteiger charge is 2.15. The van der Waals surface area contributed by atoms with Gasteiger partial charge in [-0.05, 0) is 201 Å². The van der Waals surface area contributed by atoms with Crippen LogP contribution in [0.4, 0.5) is 0 Å². The molecular weight excluding hydrogens is 1030 g/mol. The predicted octanol–water partition coefficient (Wildman–Crippen LogP) is 23.6. The molecule has 0 rings (SSSR count). The van der Waals surface area contributed by atoms with Gasteiger partial charge in [0, 0.05) is 0 Å². The molecule has 0 saturated carbocycles. The second kappa shape index (κ2) is 72.8. The molecule has 0 aromatic rings. The van der Waals surface area contributed by atoms with Crippen LogP contribution >= 0.6 is 0 Å². The predicted molar refractivity (Wildman–Crippen MR) is 389 cm³/mol. The molecule has 85 heavy (non-hydrogen) atoms. The zero-order valence-corrected chi connectivity index (χ0v) is 60.9. The number of unbranched alkanes of at least 4 members (excludes halogenated alkanes) is 40. The van der Waals surface area contributed by atoms with E-state index in [1.54, 1.807) is 0 Å². The quantitative estimate of drug-likeness (QED) is 0.0561. The maximum atomic E-state index is 2.99. The molecule has 0 unspecified atom stereocenters. The minimum absolute atomic E-state index is 1.28. The molecule has 0 spiro atoms. The zero-order chi connectivity index (χ0) is 61.7. The number of hydrogen-bond acceptors (Lipinski definition) is 6. The first-order chi connectivity index (χ1) is 42.0. The van der Waals surface area contributed by atoms with Crippen molar-refractivity contribution in [2.45, 2.75) is 396 Å². The van der Waals surface area contributed by atoms with Crippen molar-refractivity contribution in [3.63, 3.8) is 0 Å². The van der Waals surface area contributed by atoms with E-state index in [2.05, 4.69) is 84.8 Å². The Balaban J connectivity index is 6.47. The molecule has 0 heterocycles. The molecular formula is C79H166N6. The van der Waals surface area contributed by atoms with Crippen molar-refractivity contribution in [1.29, 1.82) is 0 Å². The molecule has 6 nitrogen and oxygen atoms in total. The van der Waals surface area contributed by atoms with E-state index in [-0.39, 0.29) is 0 Å². The summed E-state index contributed by atoms with van der Waals surface area (Å²) in [5.41, 5.74) is 0. The first-order valence-corrected chi connectivity index (χ1v) is 40.3. The molecule has 512 valence electrons. The highest BCUT2D eigenvalue weighted by molar-refractivity contribution is 4.71. The van der Waals surface area contributed by atoms with Gasteiger partial charge in [0.05, 0.1) is 0 Å². The van der Waals surface area contributed by atoms with Crippen LogP contribution in [0, 0.1) is 0 Å². The highest BCUT2D eigenvalue weighted by atomic mass is 15.2. The average Bonchev–Trinajstić information content (AvgIpc) is 3.51. The molecule has 0 aliphatic heterocycles. The Hall–Kier alpha value is -0.240. The van der Waals surface area contributed by atoms with Crippen LogP contribution in [0.25, 0.3) is 0 Å². The van der Waals surface area contributed by atoms with E-state index in [9.17, 15) is 0 Å². The van der Waals surface area contributed by atoms with E-state index in [1.807, 2.05) is 0 Å². The molecule has 0 bridgehead atoms. The molecule has 6 heteroatoms. The first-order valence-electron chi connectivity index (χ1n) is 40.3. The highest BCUT2D eigenvalue weighted by Crippen LogP contribution is 2.16. The summed E-state index contributed by atoms with van der Waals surface area (Å²) >= 11 is 0.